The van der Waals surface area contributed by atoms with Gasteiger partial charge in [-0.3, -0.25) is 9.59 Å². The van der Waals surface area contributed by atoms with E-state index >= 15 is 0 Å². The standard InChI is InChI=1S/C33H33F3N2O3/c34-33(35,36)28-13-10-23(11-14-28)26-12-15-29-27(21-26)17-19-38(29)30(20-22-4-2-1-3-5-22)24-6-8-25(9-7-24)32(41)37-18-16-31(39)40/h6-15,17,19,21-22,30H,1-5,16,18,20H2,(H,37,41)(H,39,40). The molecule has 1 fully saturated rings. The maximum atomic E-state index is 13.0. The highest BCUT2D eigenvalue weighted by Crippen LogP contribution is 2.37. The van der Waals surface area contributed by atoms with Crippen LogP contribution in [0.1, 0.15) is 72.5 Å². The molecule has 0 radical (unpaired) electrons. The summed E-state index contributed by atoms with van der Waals surface area (Å²) in [4.78, 5) is 23.2. The van der Waals surface area contributed by atoms with E-state index in [1.54, 1.807) is 12.1 Å². The van der Waals surface area contributed by atoms with Gasteiger partial charge in [0.2, 0.25) is 0 Å². The highest BCUT2D eigenvalue weighted by Gasteiger charge is 2.30. The van der Waals surface area contributed by atoms with Gasteiger partial charge in [0.15, 0.2) is 0 Å². The average Bonchev–Trinajstić information content (AvgIpc) is 3.39. The first-order valence-electron chi connectivity index (χ1n) is 14.1. The fraction of sp³-hybridized carbons (Fsp3) is 0.333. The van der Waals surface area contributed by atoms with E-state index in [4.69, 9.17) is 5.11 Å². The number of carbonyl (C=O) groups excluding carboxylic acids is 1. The molecule has 0 spiro atoms. The maximum Gasteiger partial charge on any atom is 0.416 e. The molecule has 3 aromatic carbocycles. The average molecular weight is 563 g/mol. The van der Waals surface area contributed by atoms with Crippen molar-refractivity contribution < 1.29 is 27.9 Å². The fourth-order valence-corrected chi connectivity index (χ4v) is 5.86. The minimum Gasteiger partial charge on any atom is -0.481 e. The Hall–Kier alpha value is -4.07. The van der Waals surface area contributed by atoms with E-state index in [1.807, 2.05) is 36.4 Å². The first kappa shape index (κ1) is 28.5. The fourth-order valence-electron chi connectivity index (χ4n) is 5.86. The third-order valence-corrected chi connectivity index (χ3v) is 8.07. The van der Waals surface area contributed by atoms with E-state index in [1.165, 1.54) is 44.2 Å². The SMILES string of the molecule is O=C(O)CCNC(=O)c1ccc(C(CC2CCCCC2)n2ccc3cc(-c4ccc(C(F)(F)F)cc4)ccc32)cc1. The lowest BCUT2D eigenvalue weighted by molar-refractivity contribution is -0.138. The van der Waals surface area contributed by atoms with Crippen LogP contribution < -0.4 is 5.32 Å². The zero-order chi connectivity index (χ0) is 29.0. The molecule has 0 saturated heterocycles. The highest BCUT2D eigenvalue weighted by molar-refractivity contribution is 5.94. The molecule has 1 aliphatic rings. The van der Waals surface area contributed by atoms with Gasteiger partial charge in [0.1, 0.15) is 0 Å². The molecule has 1 atom stereocenters. The van der Waals surface area contributed by atoms with E-state index in [2.05, 4.69) is 16.1 Å². The molecule has 0 aliphatic heterocycles. The van der Waals surface area contributed by atoms with Crippen LogP contribution in [0.25, 0.3) is 22.0 Å². The summed E-state index contributed by atoms with van der Waals surface area (Å²) in [5, 5.41) is 12.5. The molecule has 1 saturated carbocycles. The van der Waals surface area contributed by atoms with Gasteiger partial charge >= 0.3 is 12.1 Å². The summed E-state index contributed by atoms with van der Waals surface area (Å²) < 4.78 is 41.3. The zero-order valence-corrected chi connectivity index (χ0v) is 22.7. The van der Waals surface area contributed by atoms with Crippen LogP contribution in [0.15, 0.2) is 79.0 Å². The molecule has 1 aliphatic carbocycles. The van der Waals surface area contributed by atoms with Crippen molar-refractivity contribution in [3.8, 4) is 11.1 Å². The molecule has 41 heavy (non-hydrogen) atoms. The Morgan fingerprint density at radius 2 is 1.59 bits per heavy atom. The van der Waals surface area contributed by atoms with Crippen LogP contribution >= 0.6 is 0 Å². The summed E-state index contributed by atoms with van der Waals surface area (Å²) in [5.41, 5.74) is 3.52. The normalized spacial score (nSPS) is 15.1. The molecule has 4 aromatic rings. The van der Waals surface area contributed by atoms with Gasteiger partial charge in [-0.05, 0) is 71.5 Å². The maximum absolute atomic E-state index is 13.0. The molecule has 214 valence electrons. The number of fused-ring (bicyclic) bond motifs is 1. The van der Waals surface area contributed by atoms with E-state index in [0.29, 0.717) is 11.5 Å². The monoisotopic (exact) mass is 562 g/mol. The van der Waals surface area contributed by atoms with Gasteiger partial charge in [0, 0.05) is 29.2 Å². The number of carbonyl (C=O) groups is 2. The van der Waals surface area contributed by atoms with Crippen LogP contribution in [-0.4, -0.2) is 28.1 Å². The number of hydrogen-bond donors (Lipinski definition) is 2. The minimum absolute atomic E-state index is 0.0524. The Balaban J connectivity index is 1.42. The van der Waals surface area contributed by atoms with E-state index in [0.717, 1.165) is 46.1 Å². The summed E-state index contributed by atoms with van der Waals surface area (Å²) in [6.45, 7) is 0.0735. The Labute approximate surface area is 237 Å². The lowest BCUT2D eigenvalue weighted by atomic mass is 9.83. The van der Waals surface area contributed by atoms with Crippen molar-refractivity contribution in [3.63, 3.8) is 0 Å². The van der Waals surface area contributed by atoms with E-state index in [-0.39, 0.29) is 24.9 Å². The van der Waals surface area contributed by atoms with Crippen LogP contribution in [0.4, 0.5) is 13.2 Å². The number of carboxylic acids is 1. The molecule has 2 N–H and O–H groups in total. The number of amides is 1. The number of aliphatic carboxylic acids is 1. The summed E-state index contributed by atoms with van der Waals surface area (Å²) in [7, 11) is 0. The molecule has 5 rings (SSSR count). The van der Waals surface area contributed by atoms with Gasteiger partial charge in [-0.15, -0.1) is 0 Å². The van der Waals surface area contributed by atoms with Crippen molar-refractivity contribution in [2.24, 2.45) is 5.92 Å². The van der Waals surface area contributed by atoms with Crippen molar-refractivity contribution in [1.29, 1.82) is 0 Å². The van der Waals surface area contributed by atoms with Gasteiger partial charge < -0.3 is 15.0 Å². The first-order chi connectivity index (χ1) is 19.7. The van der Waals surface area contributed by atoms with Gasteiger partial charge in [-0.2, -0.15) is 13.2 Å². The third-order valence-electron chi connectivity index (χ3n) is 8.07. The van der Waals surface area contributed by atoms with Gasteiger partial charge in [-0.25, -0.2) is 0 Å². The van der Waals surface area contributed by atoms with Crippen molar-refractivity contribution >= 4 is 22.8 Å². The first-order valence-corrected chi connectivity index (χ1v) is 14.1. The molecule has 5 nitrogen and oxygen atoms in total. The predicted molar refractivity (Wildman–Crippen MR) is 153 cm³/mol. The molecule has 1 heterocycles. The largest absolute Gasteiger partial charge is 0.481 e. The molecule has 1 amide bonds. The lowest BCUT2D eigenvalue weighted by Crippen LogP contribution is -2.26. The molecule has 0 bridgehead atoms. The number of carboxylic acid groups (broad SMARTS) is 1. The molecule has 1 aromatic heterocycles. The van der Waals surface area contributed by atoms with Crippen molar-refractivity contribution in [2.75, 3.05) is 6.54 Å². The van der Waals surface area contributed by atoms with Crippen molar-refractivity contribution in [1.82, 2.24) is 9.88 Å². The summed E-state index contributed by atoms with van der Waals surface area (Å²) in [5.74, 6) is -0.669. The zero-order valence-electron chi connectivity index (χ0n) is 22.7. The van der Waals surface area contributed by atoms with Crippen LogP contribution in [-0.2, 0) is 11.0 Å². The molecular weight excluding hydrogens is 529 g/mol. The lowest BCUT2D eigenvalue weighted by Gasteiger charge is -2.28. The Bertz CT molecular complexity index is 1500. The Morgan fingerprint density at radius 3 is 2.24 bits per heavy atom. The number of nitrogens with zero attached hydrogens (tertiary/aromatic N) is 1. The van der Waals surface area contributed by atoms with Crippen LogP contribution in [0.5, 0.6) is 0 Å². The minimum atomic E-state index is -4.37. The molecular formula is C33H33F3N2O3. The van der Waals surface area contributed by atoms with Gasteiger partial charge in [-0.1, -0.05) is 62.4 Å². The van der Waals surface area contributed by atoms with Crippen molar-refractivity contribution in [2.45, 2.75) is 57.2 Å². The Kier molecular flexibility index (Phi) is 8.47. The van der Waals surface area contributed by atoms with Crippen LogP contribution in [0, 0.1) is 5.92 Å². The number of hydrogen-bond acceptors (Lipinski definition) is 2. The van der Waals surface area contributed by atoms with E-state index in [9.17, 15) is 22.8 Å². The third kappa shape index (κ3) is 6.81. The highest BCUT2D eigenvalue weighted by atomic mass is 19.4. The Morgan fingerprint density at radius 1 is 0.902 bits per heavy atom. The van der Waals surface area contributed by atoms with Gasteiger partial charge in [0.05, 0.1) is 18.0 Å². The topological polar surface area (TPSA) is 71.3 Å². The second-order valence-electron chi connectivity index (χ2n) is 10.8. The molecule has 1 unspecified atom stereocenters. The number of halogens is 3. The smallest absolute Gasteiger partial charge is 0.416 e. The number of nitrogens with one attached hydrogen (secondary N) is 1. The van der Waals surface area contributed by atoms with Gasteiger partial charge in [0.25, 0.3) is 5.91 Å². The summed E-state index contributed by atoms with van der Waals surface area (Å²) in [6.07, 6.45) is 4.66. The number of benzene rings is 3. The van der Waals surface area contributed by atoms with E-state index < -0.39 is 17.7 Å². The number of aromatic nitrogens is 1. The van der Waals surface area contributed by atoms with Crippen molar-refractivity contribution in [3.05, 3.63) is 95.7 Å². The summed E-state index contributed by atoms with van der Waals surface area (Å²) >= 11 is 0. The number of alkyl halides is 3. The quantitative estimate of drug-likeness (QED) is 0.217. The molecule has 8 heteroatoms. The number of rotatable bonds is 9. The second-order valence-corrected chi connectivity index (χ2v) is 10.8. The predicted octanol–water partition coefficient (Wildman–Crippen LogP) is 8.09. The van der Waals surface area contributed by atoms with Crippen LogP contribution in [0.3, 0.4) is 0 Å². The van der Waals surface area contributed by atoms with Crippen LogP contribution in [0.2, 0.25) is 0 Å². The second kappa shape index (κ2) is 12.2. The summed E-state index contributed by atoms with van der Waals surface area (Å²) in [6, 6.07) is 20.8.